The first-order valence-electron chi connectivity index (χ1n) is 5.85. The van der Waals surface area contributed by atoms with Crippen LogP contribution < -0.4 is 0 Å². The second-order valence-corrected chi connectivity index (χ2v) is 6.64. The largest absolute Gasteiger partial charge is 0.387 e. The number of rotatable bonds is 4. The Bertz CT molecular complexity index is 521. The van der Waals surface area contributed by atoms with E-state index in [1.54, 1.807) is 0 Å². The first kappa shape index (κ1) is 13.5. The molecule has 0 spiro atoms. The van der Waals surface area contributed by atoms with Gasteiger partial charge in [0.2, 0.25) is 10.0 Å². The fourth-order valence-corrected chi connectivity index (χ4v) is 3.76. The van der Waals surface area contributed by atoms with E-state index in [-0.39, 0.29) is 18.0 Å². The third-order valence-electron chi connectivity index (χ3n) is 3.11. The lowest BCUT2D eigenvalue weighted by Gasteiger charge is -2.45. The van der Waals surface area contributed by atoms with Gasteiger partial charge in [0.05, 0.1) is 10.5 Å². The van der Waals surface area contributed by atoms with Gasteiger partial charge in [-0.25, -0.2) is 12.8 Å². The van der Waals surface area contributed by atoms with Crippen LogP contribution in [0, 0.1) is 5.82 Å². The maximum Gasteiger partial charge on any atom is 0.243 e. The molecule has 0 bridgehead atoms. The molecule has 1 aliphatic heterocycles. The van der Waals surface area contributed by atoms with Crippen molar-refractivity contribution in [2.75, 3.05) is 13.1 Å². The Morgan fingerprint density at radius 1 is 1.33 bits per heavy atom. The SMILES string of the molecule is CCCC1(O)CN(S(=O)(=O)c2ccc(F)cc2)C1. The Kier molecular flexibility index (Phi) is 3.44. The lowest BCUT2D eigenvalue weighted by molar-refractivity contribution is -0.0653. The molecular formula is C12H16FNO3S. The van der Waals surface area contributed by atoms with Crippen molar-refractivity contribution in [3.8, 4) is 0 Å². The summed E-state index contributed by atoms with van der Waals surface area (Å²) in [7, 11) is -3.60. The minimum absolute atomic E-state index is 0.0578. The third-order valence-corrected chi connectivity index (χ3v) is 4.91. The van der Waals surface area contributed by atoms with E-state index in [1.165, 1.54) is 16.4 Å². The first-order chi connectivity index (χ1) is 8.37. The molecule has 1 aromatic carbocycles. The highest BCUT2D eigenvalue weighted by Crippen LogP contribution is 2.31. The molecule has 100 valence electrons. The molecule has 1 fully saturated rings. The molecule has 1 aliphatic rings. The molecule has 0 unspecified atom stereocenters. The van der Waals surface area contributed by atoms with Crippen molar-refractivity contribution in [1.29, 1.82) is 0 Å². The van der Waals surface area contributed by atoms with Crippen LogP contribution in [0.15, 0.2) is 29.2 Å². The Morgan fingerprint density at radius 2 is 1.89 bits per heavy atom. The van der Waals surface area contributed by atoms with Crippen LogP contribution in [0.2, 0.25) is 0 Å². The van der Waals surface area contributed by atoms with Crippen molar-refractivity contribution >= 4 is 10.0 Å². The monoisotopic (exact) mass is 273 g/mol. The van der Waals surface area contributed by atoms with Crippen LogP contribution in [-0.2, 0) is 10.0 Å². The summed E-state index contributed by atoms with van der Waals surface area (Å²) >= 11 is 0. The predicted molar refractivity (Wildman–Crippen MR) is 65.0 cm³/mol. The molecule has 0 amide bonds. The molecule has 0 aromatic heterocycles. The van der Waals surface area contributed by atoms with Gasteiger partial charge in [0.15, 0.2) is 0 Å². The summed E-state index contributed by atoms with van der Waals surface area (Å²) in [5, 5.41) is 9.97. The highest BCUT2D eigenvalue weighted by Gasteiger charge is 2.46. The van der Waals surface area contributed by atoms with Crippen LogP contribution in [-0.4, -0.2) is 36.5 Å². The summed E-state index contributed by atoms with van der Waals surface area (Å²) in [4.78, 5) is 0.0578. The fourth-order valence-electron chi connectivity index (χ4n) is 2.16. The Labute approximate surface area is 106 Å². The van der Waals surface area contributed by atoms with Gasteiger partial charge in [-0.05, 0) is 30.7 Å². The van der Waals surface area contributed by atoms with Crippen LogP contribution in [0.25, 0.3) is 0 Å². The number of β-amino-alcohol motifs (C(OH)–C–C–N with tert-alkyl or cyclic N) is 1. The quantitative estimate of drug-likeness (QED) is 0.901. The average Bonchev–Trinajstić information content (AvgIpc) is 2.26. The van der Waals surface area contributed by atoms with Gasteiger partial charge in [-0.3, -0.25) is 0 Å². The smallest absolute Gasteiger partial charge is 0.243 e. The van der Waals surface area contributed by atoms with E-state index >= 15 is 0 Å². The topological polar surface area (TPSA) is 57.6 Å². The Morgan fingerprint density at radius 3 is 2.39 bits per heavy atom. The molecule has 1 saturated heterocycles. The molecule has 0 aliphatic carbocycles. The minimum atomic E-state index is -3.60. The van der Waals surface area contributed by atoms with Crippen molar-refractivity contribution in [3.05, 3.63) is 30.1 Å². The van der Waals surface area contributed by atoms with Crippen LogP contribution in [0.1, 0.15) is 19.8 Å². The number of hydrogen-bond donors (Lipinski definition) is 1. The minimum Gasteiger partial charge on any atom is -0.387 e. The van der Waals surface area contributed by atoms with Gasteiger partial charge in [0.1, 0.15) is 5.82 Å². The highest BCUT2D eigenvalue weighted by molar-refractivity contribution is 7.89. The van der Waals surface area contributed by atoms with Crippen molar-refractivity contribution in [3.63, 3.8) is 0 Å². The van der Waals surface area contributed by atoms with Gasteiger partial charge < -0.3 is 5.11 Å². The lowest BCUT2D eigenvalue weighted by Crippen LogP contribution is -2.63. The van der Waals surface area contributed by atoms with Gasteiger partial charge >= 0.3 is 0 Å². The fraction of sp³-hybridized carbons (Fsp3) is 0.500. The zero-order chi connectivity index (χ0) is 13.4. The van der Waals surface area contributed by atoms with Crippen LogP contribution in [0.4, 0.5) is 4.39 Å². The molecule has 6 heteroatoms. The summed E-state index contributed by atoms with van der Waals surface area (Å²) < 4.78 is 38.2. The summed E-state index contributed by atoms with van der Waals surface area (Å²) in [6.07, 6.45) is 1.39. The van der Waals surface area contributed by atoms with Crippen LogP contribution >= 0.6 is 0 Å². The number of nitrogens with zero attached hydrogens (tertiary/aromatic N) is 1. The summed E-state index contributed by atoms with van der Waals surface area (Å²) in [5.41, 5.74) is -0.901. The second kappa shape index (κ2) is 4.60. The van der Waals surface area contributed by atoms with E-state index in [0.717, 1.165) is 18.6 Å². The zero-order valence-electron chi connectivity index (χ0n) is 10.1. The number of sulfonamides is 1. The van der Waals surface area contributed by atoms with E-state index in [1.807, 2.05) is 6.92 Å². The molecular weight excluding hydrogens is 257 g/mol. The summed E-state index contributed by atoms with van der Waals surface area (Å²) in [6.45, 7) is 2.16. The maximum atomic E-state index is 12.7. The predicted octanol–water partition coefficient (Wildman–Crippen LogP) is 1.36. The third kappa shape index (κ3) is 2.41. The van der Waals surface area contributed by atoms with Crippen LogP contribution in [0.5, 0.6) is 0 Å². The van der Waals surface area contributed by atoms with Gasteiger partial charge in [-0.1, -0.05) is 13.3 Å². The molecule has 0 saturated carbocycles. The van der Waals surface area contributed by atoms with Crippen molar-refractivity contribution in [2.45, 2.75) is 30.3 Å². The normalized spacial score (nSPS) is 19.5. The van der Waals surface area contributed by atoms with Gasteiger partial charge in [0, 0.05) is 13.1 Å². The molecule has 2 rings (SSSR count). The molecule has 1 aromatic rings. The molecule has 0 radical (unpaired) electrons. The van der Waals surface area contributed by atoms with E-state index in [9.17, 15) is 17.9 Å². The van der Waals surface area contributed by atoms with E-state index in [2.05, 4.69) is 0 Å². The van der Waals surface area contributed by atoms with Crippen molar-refractivity contribution in [1.82, 2.24) is 4.31 Å². The summed E-state index contributed by atoms with van der Waals surface area (Å²) in [6, 6.07) is 4.71. The molecule has 1 heterocycles. The highest BCUT2D eigenvalue weighted by atomic mass is 32.2. The van der Waals surface area contributed by atoms with Gasteiger partial charge in [-0.15, -0.1) is 0 Å². The summed E-state index contributed by atoms with van der Waals surface area (Å²) in [5.74, 6) is -0.472. The van der Waals surface area contributed by atoms with E-state index in [4.69, 9.17) is 0 Å². The second-order valence-electron chi connectivity index (χ2n) is 4.70. The van der Waals surface area contributed by atoms with Crippen LogP contribution in [0.3, 0.4) is 0 Å². The number of aliphatic hydroxyl groups is 1. The Balaban J connectivity index is 2.13. The first-order valence-corrected chi connectivity index (χ1v) is 7.29. The van der Waals surface area contributed by atoms with Gasteiger partial charge in [0.25, 0.3) is 0 Å². The number of benzene rings is 1. The zero-order valence-corrected chi connectivity index (χ0v) is 11.0. The number of hydrogen-bond acceptors (Lipinski definition) is 3. The average molecular weight is 273 g/mol. The molecule has 0 atom stereocenters. The van der Waals surface area contributed by atoms with Gasteiger partial charge in [-0.2, -0.15) is 4.31 Å². The molecule has 1 N–H and O–H groups in total. The number of halogens is 1. The lowest BCUT2D eigenvalue weighted by atomic mass is 9.92. The van der Waals surface area contributed by atoms with Crippen molar-refractivity contribution in [2.24, 2.45) is 0 Å². The Hall–Kier alpha value is -0.980. The van der Waals surface area contributed by atoms with Crippen molar-refractivity contribution < 1.29 is 17.9 Å². The molecule has 4 nitrogen and oxygen atoms in total. The van der Waals surface area contributed by atoms with E-state index in [0.29, 0.717) is 6.42 Å². The molecule has 18 heavy (non-hydrogen) atoms. The standard InChI is InChI=1S/C12H16FNO3S/c1-2-7-12(15)8-14(9-12)18(16,17)11-5-3-10(13)4-6-11/h3-6,15H,2,7-9H2,1H3. The maximum absolute atomic E-state index is 12.7. The van der Waals surface area contributed by atoms with E-state index < -0.39 is 21.4 Å².